The van der Waals surface area contributed by atoms with Crippen molar-refractivity contribution in [3.63, 3.8) is 0 Å². The number of aromatic nitrogens is 2. The highest BCUT2D eigenvalue weighted by atomic mass is 16.4. The Hall–Kier alpha value is -3.54. The zero-order chi connectivity index (χ0) is 20.4. The molecule has 1 unspecified atom stereocenters. The molecule has 0 aliphatic carbocycles. The Morgan fingerprint density at radius 1 is 1.14 bits per heavy atom. The van der Waals surface area contributed by atoms with E-state index >= 15 is 0 Å². The maximum Gasteiger partial charge on any atom is 0.335 e. The summed E-state index contributed by atoms with van der Waals surface area (Å²) < 4.78 is 0. The Bertz CT molecular complexity index is 1190. The van der Waals surface area contributed by atoms with E-state index in [1.165, 1.54) is 17.1 Å². The molecule has 0 radical (unpaired) electrons. The number of fused-ring (bicyclic) bond motifs is 1. The zero-order valence-electron chi connectivity index (χ0n) is 16.4. The average molecular weight is 386 g/mol. The average Bonchev–Trinajstić information content (AvgIpc) is 3.06. The number of benzene rings is 2. The predicted octanol–water partition coefficient (Wildman–Crippen LogP) is 2.82. The second-order valence-electron chi connectivity index (χ2n) is 7.47. The molecule has 0 fully saturated rings. The molecule has 4 rings (SSSR count). The molecule has 146 valence electrons. The van der Waals surface area contributed by atoms with E-state index in [0.717, 1.165) is 35.4 Å². The van der Waals surface area contributed by atoms with Crippen molar-refractivity contribution in [1.82, 2.24) is 9.97 Å². The van der Waals surface area contributed by atoms with E-state index in [9.17, 15) is 4.79 Å². The lowest BCUT2D eigenvalue weighted by Crippen LogP contribution is -2.23. The molecule has 0 saturated carbocycles. The molecule has 6 nitrogen and oxygen atoms in total. The van der Waals surface area contributed by atoms with Gasteiger partial charge in [0, 0.05) is 18.2 Å². The molecule has 2 aromatic carbocycles. The van der Waals surface area contributed by atoms with Gasteiger partial charge in [-0.1, -0.05) is 30.3 Å². The summed E-state index contributed by atoms with van der Waals surface area (Å²) in [5, 5.41) is 14.7. The van der Waals surface area contributed by atoms with Crippen LogP contribution in [0.1, 0.15) is 29.3 Å². The standard InChI is InChI=1S/C23H22N4O2/c1-15-4-3-5-18-13-23(2,27-21(15)18)10-11-24-20-12-19(25-14-26-20)16-6-8-17(9-7-16)22(28)29/h3-9,12-14H,10-11H2,1-2H3,(H,28,29)(H,24,25,26). The van der Waals surface area contributed by atoms with Crippen LogP contribution in [0.4, 0.5) is 5.82 Å². The van der Waals surface area contributed by atoms with Gasteiger partial charge in [0.1, 0.15) is 12.1 Å². The number of carboxylic acid groups (broad SMARTS) is 1. The molecular formula is C23H22N4O2. The van der Waals surface area contributed by atoms with Gasteiger partial charge in [-0.2, -0.15) is 0 Å². The smallest absolute Gasteiger partial charge is 0.335 e. The molecule has 1 aliphatic rings. The summed E-state index contributed by atoms with van der Waals surface area (Å²) in [5.41, 5.74) is 2.81. The number of carboxylic acids is 1. The minimum Gasteiger partial charge on any atom is -0.478 e. The van der Waals surface area contributed by atoms with Crippen molar-refractivity contribution >= 4 is 17.9 Å². The topological polar surface area (TPSA) is 87.5 Å². The van der Waals surface area contributed by atoms with Crippen LogP contribution in [0.25, 0.3) is 17.3 Å². The summed E-state index contributed by atoms with van der Waals surface area (Å²) in [6.07, 6.45) is 4.58. The second-order valence-corrected chi connectivity index (χ2v) is 7.47. The Morgan fingerprint density at radius 2 is 1.93 bits per heavy atom. The van der Waals surface area contributed by atoms with Crippen LogP contribution >= 0.6 is 0 Å². The van der Waals surface area contributed by atoms with Gasteiger partial charge < -0.3 is 10.4 Å². The normalized spacial score (nSPS) is 17.2. The summed E-state index contributed by atoms with van der Waals surface area (Å²) in [5.74, 6) is -0.214. The third kappa shape index (κ3) is 4.01. The number of nitrogens with one attached hydrogen (secondary N) is 1. The molecular weight excluding hydrogens is 364 g/mol. The van der Waals surface area contributed by atoms with E-state index in [0.29, 0.717) is 0 Å². The maximum absolute atomic E-state index is 11.0. The molecule has 0 saturated heterocycles. The van der Waals surface area contributed by atoms with Gasteiger partial charge in [0.15, 0.2) is 0 Å². The number of carbonyl (C=O) groups is 1. The van der Waals surface area contributed by atoms with Gasteiger partial charge in [0.05, 0.1) is 22.2 Å². The summed E-state index contributed by atoms with van der Waals surface area (Å²) in [6.45, 7) is 4.95. The number of rotatable bonds is 6. The van der Waals surface area contributed by atoms with Crippen molar-refractivity contribution in [2.24, 2.45) is 4.99 Å². The van der Waals surface area contributed by atoms with Crippen LogP contribution in [0.5, 0.6) is 0 Å². The third-order valence-corrected chi connectivity index (χ3v) is 5.13. The number of hydrogen-bond acceptors (Lipinski definition) is 5. The number of para-hydroxylation sites is 1. The minimum atomic E-state index is -0.943. The molecule has 0 amide bonds. The van der Waals surface area contributed by atoms with Crippen molar-refractivity contribution in [2.75, 3.05) is 11.9 Å². The van der Waals surface area contributed by atoms with Crippen LogP contribution in [0, 0.1) is 6.92 Å². The van der Waals surface area contributed by atoms with Crippen LogP contribution < -0.4 is 15.9 Å². The van der Waals surface area contributed by atoms with Gasteiger partial charge in [-0.3, -0.25) is 4.99 Å². The first kappa shape index (κ1) is 18.8. The Morgan fingerprint density at radius 3 is 2.66 bits per heavy atom. The number of nitrogens with zero attached hydrogens (tertiary/aromatic N) is 3. The molecule has 1 atom stereocenters. The fourth-order valence-electron chi connectivity index (χ4n) is 3.54. The van der Waals surface area contributed by atoms with E-state index in [-0.39, 0.29) is 11.1 Å². The molecule has 2 heterocycles. The van der Waals surface area contributed by atoms with Crippen LogP contribution in [-0.2, 0) is 0 Å². The molecule has 0 bridgehead atoms. The van der Waals surface area contributed by atoms with Gasteiger partial charge in [-0.05, 0) is 49.3 Å². The molecule has 29 heavy (non-hydrogen) atoms. The number of hydrogen-bond donors (Lipinski definition) is 2. The SMILES string of the molecule is Cc1cccc2c1=NC(C)(CCNc1cc(-c3ccc(C(=O)O)cc3)ncn1)C=2. The lowest BCUT2D eigenvalue weighted by molar-refractivity contribution is 0.0697. The maximum atomic E-state index is 11.0. The van der Waals surface area contributed by atoms with E-state index in [1.54, 1.807) is 24.3 Å². The highest BCUT2D eigenvalue weighted by Crippen LogP contribution is 2.21. The number of aryl methyl sites for hydroxylation is 1. The molecule has 1 aromatic heterocycles. The first-order chi connectivity index (χ1) is 13.9. The summed E-state index contributed by atoms with van der Waals surface area (Å²) in [4.78, 5) is 24.5. The fourth-order valence-corrected chi connectivity index (χ4v) is 3.54. The van der Waals surface area contributed by atoms with Gasteiger partial charge in [-0.15, -0.1) is 0 Å². The first-order valence-corrected chi connectivity index (χ1v) is 9.52. The Kier molecular flexibility index (Phi) is 4.84. The highest BCUT2D eigenvalue weighted by molar-refractivity contribution is 5.88. The number of aromatic carboxylic acids is 1. The quantitative estimate of drug-likeness (QED) is 0.680. The van der Waals surface area contributed by atoms with Crippen molar-refractivity contribution in [3.05, 3.63) is 76.6 Å². The van der Waals surface area contributed by atoms with Crippen molar-refractivity contribution in [1.29, 1.82) is 0 Å². The molecule has 3 aromatic rings. The van der Waals surface area contributed by atoms with Gasteiger partial charge >= 0.3 is 5.97 Å². The lowest BCUT2D eigenvalue weighted by atomic mass is 9.99. The van der Waals surface area contributed by atoms with E-state index in [2.05, 4.69) is 53.4 Å². The fraction of sp³-hybridized carbons (Fsp3) is 0.217. The van der Waals surface area contributed by atoms with Crippen LogP contribution in [0.3, 0.4) is 0 Å². The highest BCUT2D eigenvalue weighted by Gasteiger charge is 2.23. The summed E-state index contributed by atoms with van der Waals surface area (Å²) in [7, 11) is 0. The zero-order valence-corrected chi connectivity index (χ0v) is 16.4. The van der Waals surface area contributed by atoms with Gasteiger partial charge in [-0.25, -0.2) is 14.8 Å². The Labute approximate surface area is 168 Å². The minimum absolute atomic E-state index is 0.232. The van der Waals surface area contributed by atoms with Crippen molar-refractivity contribution in [3.8, 4) is 11.3 Å². The van der Waals surface area contributed by atoms with Crippen LogP contribution in [0.2, 0.25) is 0 Å². The monoisotopic (exact) mass is 386 g/mol. The van der Waals surface area contributed by atoms with E-state index < -0.39 is 5.97 Å². The van der Waals surface area contributed by atoms with Crippen LogP contribution in [-0.4, -0.2) is 33.1 Å². The molecule has 6 heteroatoms. The van der Waals surface area contributed by atoms with Crippen molar-refractivity contribution in [2.45, 2.75) is 25.8 Å². The van der Waals surface area contributed by atoms with E-state index in [4.69, 9.17) is 10.1 Å². The third-order valence-electron chi connectivity index (χ3n) is 5.13. The molecule has 1 aliphatic heterocycles. The summed E-state index contributed by atoms with van der Waals surface area (Å²) in [6, 6.07) is 14.8. The second kappa shape index (κ2) is 7.47. The largest absolute Gasteiger partial charge is 0.478 e. The Balaban J connectivity index is 1.44. The summed E-state index contributed by atoms with van der Waals surface area (Å²) >= 11 is 0. The first-order valence-electron chi connectivity index (χ1n) is 9.52. The predicted molar refractivity (Wildman–Crippen MR) is 112 cm³/mol. The van der Waals surface area contributed by atoms with E-state index in [1.807, 2.05) is 6.07 Å². The molecule has 2 N–H and O–H groups in total. The van der Waals surface area contributed by atoms with Gasteiger partial charge in [0.25, 0.3) is 0 Å². The number of anilines is 1. The van der Waals surface area contributed by atoms with Crippen LogP contribution in [0.15, 0.2) is 59.9 Å². The van der Waals surface area contributed by atoms with Crippen molar-refractivity contribution < 1.29 is 9.90 Å². The molecule has 0 spiro atoms. The lowest BCUT2D eigenvalue weighted by Gasteiger charge is -2.19. The van der Waals surface area contributed by atoms with Gasteiger partial charge in [0.2, 0.25) is 0 Å².